The smallest absolute Gasteiger partial charge is 0.288 e. The molecule has 19 heavy (non-hydrogen) atoms. The number of hydrogen-bond donors (Lipinski definition) is 2. The topological polar surface area (TPSA) is 41.1 Å². The molecular formula is C13H16F2N2OS. The largest absolute Gasteiger partial charge is 0.326 e. The quantitative estimate of drug-likeness (QED) is 0.836. The van der Waals surface area contributed by atoms with Crippen molar-refractivity contribution in [2.24, 2.45) is 11.8 Å². The Labute approximate surface area is 115 Å². The van der Waals surface area contributed by atoms with Gasteiger partial charge < -0.3 is 10.6 Å². The monoisotopic (exact) mass is 286 g/mol. The van der Waals surface area contributed by atoms with Gasteiger partial charge in [0.2, 0.25) is 5.91 Å². The fraction of sp³-hybridized carbons (Fsp3) is 0.462. The Morgan fingerprint density at radius 3 is 2.58 bits per heavy atom. The van der Waals surface area contributed by atoms with E-state index in [1.165, 1.54) is 0 Å². The molecule has 1 aliphatic rings. The maximum absolute atomic E-state index is 12.2. The number of carbonyl (C=O) groups is 1. The minimum Gasteiger partial charge on any atom is -0.326 e. The molecule has 1 aliphatic heterocycles. The number of rotatable bonds is 4. The average Bonchev–Trinajstić information content (AvgIpc) is 2.77. The second-order valence-electron chi connectivity index (χ2n) is 4.63. The fourth-order valence-electron chi connectivity index (χ4n) is 2.12. The summed E-state index contributed by atoms with van der Waals surface area (Å²) < 4.78 is 24.3. The van der Waals surface area contributed by atoms with Crippen LogP contribution in [-0.4, -0.2) is 24.8 Å². The molecule has 0 radical (unpaired) electrons. The van der Waals surface area contributed by atoms with E-state index in [1.54, 1.807) is 24.3 Å². The van der Waals surface area contributed by atoms with E-state index in [1.807, 2.05) is 6.92 Å². The molecule has 3 nitrogen and oxygen atoms in total. The van der Waals surface area contributed by atoms with Gasteiger partial charge in [-0.25, -0.2) is 0 Å². The molecule has 1 saturated heterocycles. The van der Waals surface area contributed by atoms with Crippen molar-refractivity contribution >= 4 is 23.4 Å². The molecule has 1 heterocycles. The number of anilines is 1. The van der Waals surface area contributed by atoms with E-state index < -0.39 is 5.76 Å². The van der Waals surface area contributed by atoms with Gasteiger partial charge in [0.1, 0.15) is 0 Å². The van der Waals surface area contributed by atoms with Crippen molar-refractivity contribution in [1.82, 2.24) is 5.32 Å². The summed E-state index contributed by atoms with van der Waals surface area (Å²) in [5, 5.41) is 5.99. The van der Waals surface area contributed by atoms with Gasteiger partial charge in [-0.3, -0.25) is 4.79 Å². The van der Waals surface area contributed by atoms with Crippen molar-refractivity contribution < 1.29 is 13.6 Å². The van der Waals surface area contributed by atoms with Gasteiger partial charge in [-0.2, -0.15) is 8.78 Å². The highest BCUT2D eigenvalue weighted by Gasteiger charge is 2.29. The highest BCUT2D eigenvalue weighted by Crippen LogP contribution is 2.26. The maximum atomic E-state index is 12.2. The van der Waals surface area contributed by atoms with E-state index >= 15 is 0 Å². The molecule has 0 saturated carbocycles. The first-order chi connectivity index (χ1) is 9.06. The molecule has 2 atom stereocenters. The normalized spacial score (nSPS) is 22.7. The molecule has 0 bridgehead atoms. The van der Waals surface area contributed by atoms with Crippen molar-refractivity contribution in [3.63, 3.8) is 0 Å². The highest BCUT2D eigenvalue weighted by atomic mass is 32.2. The number of halogens is 2. The molecule has 2 N–H and O–H groups in total. The van der Waals surface area contributed by atoms with Gasteiger partial charge in [-0.05, 0) is 36.7 Å². The van der Waals surface area contributed by atoms with E-state index in [0.717, 1.165) is 6.54 Å². The molecular weight excluding hydrogens is 270 g/mol. The van der Waals surface area contributed by atoms with Crippen LogP contribution in [0.5, 0.6) is 0 Å². The zero-order chi connectivity index (χ0) is 13.8. The van der Waals surface area contributed by atoms with Crippen LogP contribution < -0.4 is 10.6 Å². The van der Waals surface area contributed by atoms with Crippen molar-refractivity contribution in [3.05, 3.63) is 24.3 Å². The van der Waals surface area contributed by atoms with E-state index in [0.29, 0.717) is 34.8 Å². The van der Waals surface area contributed by atoms with Crippen molar-refractivity contribution in [2.75, 3.05) is 18.4 Å². The van der Waals surface area contributed by atoms with Crippen LogP contribution in [0.1, 0.15) is 6.92 Å². The summed E-state index contributed by atoms with van der Waals surface area (Å²) in [6, 6.07) is 6.47. The van der Waals surface area contributed by atoms with Gasteiger partial charge in [0.25, 0.3) is 5.76 Å². The van der Waals surface area contributed by atoms with E-state index in [9.17, 15) is 13.6 Å². The predicted octanol–water partition coefficient (Wildman–Crippen LogP) is 2.80. The maximum Gasteiger partial charge on any atom is 0.288 e. The lowest BCUT2D eigenvalue weighted by Crippen LogP contribution is -2.27. The molecule has 0 aromatic heterocycles. The number of amides is 1. The first-order valence-electron chi connectivity index (χ1n) is 6.12. The first kappa shape index (κ1) is 14.3. The summed E-state index contributed by atoms with van der Waals surface area (Å²) in [5.74, 6) is -2.17. The molecule has 1 aromatic rings. The number of carbonyl (C=O) groups excluding carboxylic acids is 1. The van der Waals surface area contributed by atoms with Crippen LogP contribution in [0.15, 0.2) is 29.2 Å². The van der Waals surface area contributed by atoms with Crippen molar-refractivity contribution in [2.45, 2.75) is 17.6 Å². The van der Waals surface area contributed by atoms with Gasteiger partial charge in [-0.1, -0.05) is 18.7 Å². The Bertz CT molecular complexity index is 439. The van der Waals surface area contributed by atoms with Crippen LogP contribution in [0, 0.1) is 11.8 Å². The molecule has 0 unspecified atom stereocenters. The van der Waals surface area contributed by atoms with Gasteiger partial charge in [0.05, 0.1) is 5.92 Å². The lowest BCUT2D eigenvalue weighted by molar-refractivity contribution is -0.120. The molecule has 1 amide bonds. The molecule has 6 heteroatoms. The number of benzene rings is 1. The summed E-state index contributed by atoms with van der Waals surface area (Å²) >= 11 is 0.496. The molecule has 0 aliphatic carbocycles. The summed E-state index contributed by atoms with van der Waals surface area (Å²) in [4.78, 5) is 12.5. The second-order valence-corrected chi connectivity index (χ2v) is 5.70. The summed E-state index contributed by atoms with van der Waals surface area (Å²) in [6.07, 6.45) is 0. The lowest BCUT2D eigenvalue weighted by atomic mass is 9.97. The van der Waals surface area contributed by atoms with Gasteiger partial charge in [0.15, 0.2) is 0 Å². The molecule has 2 rings (SSSR count). The zero-order valence-corrected chi connectivity index (χ0v) is 11.3. The Kier molecular flexibility index (Phi) is 4.76. The van der Waals surface area contributed by atoms with Crippen LogP contribution >= 0.6 is 11.8 Å². The van der Waals surface area contributed by atoms with Gasteiger partial charge in [-0.15, -0.1) is 0 Å². The third-order valence-electron chi connectivity index (χ3n) is 3.20. The fourth-order valence-corrected chi connectivity index (χ4v) is 2.61. The SMILES string of the molecule is C[C@@H]1CNC[C@H]1C(=O)Nc1ccc(SC(F)F)cc1. The van der Waals surface area contributed by atoms with E-state index in [-0.39, 0.29) is 11.8 Å². The van der Waals surface area contributed by atoms with Gasteiger partial charge >= 0.3 is 0 Å². The zero-order valence-electron chi connectivity index (χ0n) is 10.5. The number of alkyl halides is 2. The number of nitrogens with one attached hydrogen (secondary N) is 2. The van der Waals surface area contributed by atoms with Crippen molar-refractivity contribution in [3.8, 4) is 0 Å². The Balaban J connectivity index is 1.93. The minimum absolute atomic E-state index is 0.0215. The standard InChI is InChI=1S/C13H16F2N2OS/c1-8-6-16-7-11(8)12(18)17-9-2-4-10(5-3-9)19-13(14)15/h2-5,8,11,13,16H,6-7H2,1H3,(H,17,18)/t8-,11-/m1/s1. The van der Waals surface area contributed by atoms with Crippen LogP contribution in [0.3, 0.4) is 0 Å². The summed E-state index contributed by atoms with van der Waals surface area (Å²) in [5.41, 5.74) is 0.641. The summed E-state index contributed by atoms with van der Waals surface area (Å²) in [7, 11) is 0. The van der Waals surface area contributed by atoms with Gasteiger partial charge in [0, 0.05) is 17.1 Å². The number of hydrogen-bond acceptors (Lipinski definition) is 3. The van der Waals surface area contributed by atoms with Crippen LogP contribution in [0.4, 0.5) is 14.5 Å². The molecule has 1 fully saturated rings. The lowest BCUT2D eigenvalue weighted by Gasteiger charge is -2.14. The van der Waals surface area contributed by atoms with E-state index in [2.05, 4.69) is 10.6 Å². The van der Waals surface area contributed by atoms with Crippen molar-refractivity contribution in [1.29, 1.82) is 0 Å². The third kappa shape index (κ3) is 3.91. The first-order valence-corrected chi connectivity index (χ1v) is 7.00. The summed E-state index contributed by atoms with van der Waals surface area (Å²) in [6.45, 7) is 3.57. The highest BCUT2D eigenvalue weighted by molar-refractivity contribution is 7.99. The van der Waals surface area contributed by atoms with E-state index in [4.69, 9.17) is 0 Å². The average molecular weight is 286 g/mol. The van der Waals surface area contributed by atoms with Crippen LogP contribution in [0.2, 0.25) is 0 Å². The Morgan fingerprint density at radius 1 is 1.37 bits per heavy atom. The van der Waals surface area contributed by atoms with Crippen LogP contribution in [-0.2, 0) is 4.79 Å². The number of thioether (sulfide) groups is 1. The predicted molar refractivity (Wildman–Crippen MR) is 72.5 cm³/mol. The van der Waals surface area contributed by atoms with Crippen LogP contribution in [0.25, 0.3) is 0 Å². The Morgan fingerprint density at radius 2 is 2.05 bits per heavy atom. The third-order valence-corrected chi connectivity index (χ3v) is 3.92. The molecule has 1 aromatic carbocycles. The molecule has 0 spiro atoms. The second kappa shape index (κ2) is 6.34. The minimum atomic E-state index is -2.43. The Hall–Kier alpha value is -1.14. The molecule has 104 valence electrons.